The Labute approximate surface area is 184 Å². The molecular weight excluding hydrogens is 386 g/mol. The summed E-state index contributed by atoms with van der Waals surface area (Å²) in [6.45, 7) is 6.13. The van der Waals surface area contributed by atoms with Crippen molar-refractivity contribution in [2.75, 3.05) is 29.2 Å². The zero-order valence-corrected chi connectivity index (χ0v) is 19.0. The number of allylic oxidation sites excluding steroid dienone is 1. The van der Waals surface area contributed by atoms with E-state index < -0.39 is 6.04 Å². The van der Waals surface area contributed by atoms with E-state index in [1.54, 1.807) is 0 Å². The van der Waals surface area contributed by atoms with Crippen molar-refractivity contribution in [3.8, 4) is 0 Å². The van der Waals surface area contributed by atoms with Gasteiger partial charge in [-0.1, -0.05) is 45.0 Å². The summed E-state index contributed by atoms with van der Waals surface area (Å²) >= 11 is 0. The molecule has 162 valence electrons. The number of nitrogens with one attached hydrogen (secondary N) is 1. The fourth-order valence-corrected chi connectivity index (χ4v) is 4.70. The molecule has 0 spiro atoms. The van der Waals surface area contributed by atoms with E-state index in [4.69, 9.17) is 0 Å². The third-order valence-corrected chi connectivity index (χ3v) is 6.20. The number of benzene rings is 2. The number of carbonyl (C=O) groups is 2. The third-order valence-electron chi connectivity index (χ3n) is 6.20. The Morgan fingerprint density at radius 1 is 1.10 bits per heavy atom. The molecule has 2 aromatic carbocycles. The summed E-state index contributed by atoms with van der Waals surface area (Å²) < 4.78 is 0. The molecule has 4 rings (SSSR count). The Hall–Kier alpha value is -3.08. The zero-order valence-electron chi connectivity index (χ0n) is 19.0. The maximum atomic E-state index is 13.5. The van der Waals surface area contributed by atoms with Gasteiger partial charge in [0.25, 0.3) is 0 Å². The first-order chi connectivity index (χ1) is 14.7. The fraction of sp³-hybridized carbons (Fsp3) is 0.385. The van der Waals surface area contributed by atoms with E-state index in [1.165, 1.54) is 0 Å². The number of amides is 1. The van der Waals surface area contributed by atoms with Crippen LogP contribution in [0.4, 0.5) is 17.1 Å². The van der Waals surface area contributed by atoms with E-state index in [1.807, 2.05) is 79.3 Å². The Bertz CT molecular complexity index is 1050. The minimum Gasteiger partial charge on any atom is -0.378 e. The highest BCUT2D eigenvalue weighted by Crippen LogP contribution is 2.48. The lowest BCUT2D eigenvalue weighted by molar-refractivity contribution is -0.119. The second-order valence-electron chi connectivity index (χ2n) is 9.48. The van der Waals surface area contributed by atoms with E-state index in [0.717, 1.165) is 40.3 Å². The number of nitrogens with zero attached hydrogens (tertiary/aromatic N) is 2. The number of para-hydroxylation sites is 2. The number of rotatable bonds is 3. The molecule has 1 aliphatic heterocycles. The fourth-order valence-electron chi connectivity index (χ4n) is 4.70. The second-order valence-corrected chi connectivity index (χ2v) is 9.48. The zero-order chi connectivity index (χ0) is 22.3. The average Bonchev–Trinajstić information content (AvgIpc) is 2.86. The van der Waals surface area contributed by atoms with Crippen LogP contribution in [-0.2, 0) is 9.59 Å². The van der Waals surface area contributed by atoms with Crippen molar-refractivity contribution < 1.29 is 9.59 Å². The van der Waals surface area contributed by atoms with E-state index in [-0.39, 0.29) is 17.1 Å². The molecule has 0 bridgehead atoms. The van der Waals surface area contributed by atoms with Crippen molar-refractivity contribution in [3.05, 3.63) is 65.4 Å². The monoisotopic (exact) mass is 417 g/mol. The van der Waals surface area contributed by atoms with Gasteiger partial charge in [0.15, 0.2) is 5.78 Å². The molecule has 1 atom stereocenters. The van der Waals surface area contributed by atoms with E-state index in [0.29, 0.717) is 12.8 Å². The standard InChI is InChI=1S/C26H31N3O2/c1-6-23(31)29-21-10-8-7-9-19(21)27-20-15-26(2,3)16-22(30)24(20)25(29)17-11-13-18(14-12-17)28(4)5/h7-14,25,27H,6,15-16H2,1-5H3/t25-/m1/s1. The number of anilines is 3. The van der Waals surface area contributed by atoms with Gasteiger partial charge in [0, 0.05) is 43.9 Å². The largest absolute Gasteiger partial charge is 0.378 e. The number of hydrogen-bond acceptors (Lipinski definition) is 4. The van der Waals surface area contributed by atoms with Crippen molar-refractivity contribution >= 4 is 28.8 Å². The van der Waals surface area contributed by atoms with E-state index in [2.05, 4.69) is 19.2 Å². The van der Waals surface area contributed by atoms with Crippen LogP contribution in [0.15, 0.2) is 59.8 Å². The minimum atomic E-state index is -0.446. The molecule has 0 fully saturated rings. The Morgan fingerprint density at radius 2 is 1.77 bits per heavy atom. The Morgan fingerprint density at radius 3 is 2.42 bits per heavy atom. The van der Waals surface area contributed by atoms with Crippen LogP contribution < -0.4 is 15.1 Å². The van der Waals surface area contributed by atoms with Crippen LogP contribution in [0.5, 0.6) is 0 Å². The SMILES string of the molecule is CCC(=O)N1c2ccccc2NC2=C(C(=O)CC(C)(C)C2)[C@H]1c1ccc(N(C)C)cc1. The second kappa shape index (κ2) is 7.88. The van der Waals surface area contributed by atoms with Gasteiger partial charge < -0.3 is 10.2 Å². The number of carbonyl (C=O) groups excluding carboxylic acids is 2. The lowest BCUT2D eigenvalue weighted by Gasteiger charge is -2.37. The number of Topliss-reactive ketones (excluding diaryl/α,β-unsaturated/α-hetero) is 1. The van der Waals surface area contributed by atoms with Crippen LogP contribution in [0.1, 0.15) is 51.6 Å². The molecule has 0 saturated carbocycles. The number of ketones is 1. The Kier molecular flexibility index (Phi) is 5.38. The van der Waals surface area contributed by atoms with Gasteiger partial charge in [0.2, 0.25) is 5.91 Å². The smallest absolute Gasteiger partial charge is 0.227 e. The summed E-state index contributed by atoms with van der Waals surface area (Å²) in [6, 6.07) is 15.6. The molecule has 1 amide bonds. The first-order valence-electron chi connectivity index (χ1n) is 10.9. The Balaban J connectivity index is 1.97. The van der Waals surface area contributed by atoms with Gasteiger partial charge in [-0.25, -0.2) is 0 Å². The summed E-state index contributed by atoms with van der Waals surface area (Å²) in [5.74, 6) is 0.115. The van der Waals surface area contributed by atoms with Crippen molar-refractivity contribution in [2.24, 2.45) is 5.41 Å². The maximum Gasteiger partial charge on any atom is 0.227 e. The molecule has 0 unspecified atom stereocenters. The maximum absolute atomic E-state index is 13.5. The lowest BCUT2D eigenvalue weighted by atomic mass is 9.73. The van der Waals surface area contributed by atoms with E-state index in [9.17, 15) is 9.59 Å². The summed E-state index contributed by atoms with van der Waals surface area (Å²) in [5.41, 5.74) is 5.24. The third kappa shape index (κ3) is 3.85. The average molecular weight is 418 g/mol. The summed E-state index contributed by atoms with van der Waals surface area (Å²) in [7, 11) is 4.00. The molecular formula is C26H31N3O2. The molecule has 31 heavy (non-hydrogen) atoms. The van der Waals surface area contributed by atoms with Gasteiger partial charge in [-0.3, -0.25) is 14.5 Å². The van der Waals surface area contributed by atoms with Gasteiger partial charge in [-0.15, -0.1) is 0 Å². The van der Waals surface area contributed by atoms with Gasteiger partial charge in [0.1, 0.15) is 0 Å². The summed E-state index contributed by atoms with van der Waals surface area (Å²) in [5, 5.41) is 3.54. The van der Waals surface area contributed by atoms with Crippen molar-refractivity contribution in [3.63, 3.8) is 0 Å². The van der Waals surface area contributed by atoms with E-state index >= 15 is 0 Å². The highest BCUT2D eigenvalue weighted by Gasteiger charge is 2.42. The minimum absolute atomic E-state index is 0.00215. The quantitative estimate of drug-likeness (QED) is 0.736. The molecule has 2 aromatic rings. The molecule has 0 radical (unpaired) electrons. The van der Waals surface area contributed by atoms with Crippen LogP contribution in [0, 0.1) is 5.41 Å². The summed E-state index contributed by atoms with van der Waals surface area (Å²) in [4.78, 5) is 30.7. The first-order valence-corrected chi connectivity index (χ1v) is 10.9. The highest BCUT2D eigenvalue weighted by molar-refractivity contribution is 6.06. The van der Waals surface area contributed by atoms with Gasteiger partial charge >= 0.3 is 0 Å². The molecule has 5 heteroatoms. The van der Waals surface area contributed by atoms with Crippen LogP contribution in [0.2, 0.25) is 0 Å². The van der Waals surface area contributed by atoms with Crippen LogP contribution in [0.3, 0.4) is 0 Å². The number of fused-ring (bicyclic) bond motifs is 1. The molecule has 5 nitrogen and oxygen atoms in total. The van der Waals surface area contributed by atoms with Crippen LogP contribution >= 0.6 is 0 Å². The highest BCUT2D eigenvalue weighted by atomic mass is 16.2. The normalized spacial score (nSPS) is 19.8. The van der Waals surface area contributed by atoms with Gasteiger partial charge in [0.05, 0.1) is 17.4 Å². The molecule has 2 aliphatic rings. The van der Waals surface area contributed by atoms with Crippen LogP contribution in [-0.4, -0.2) is 25.8 Å². The molecule has 1 heterocycles. The predicted octanol–water partition coefficient (Wildman–Crippen LogP) is 5.31. The number of hydrogen-bond donors (Lipinski definition) is 1. The van der Waals surface area contributed by atoms with Crippen molar-refractivity contribution in [1.29, 1.82) is 0 Å². The molecule has 0 saturated heterocycles. The predicted molar refractivity (Wildman–Crippen MR) is 126 cm³/mol. The van der Waals surface area contributed by atoms with Crippen molar-refractivity contribution in [2.45, 2.75) is 46.1 Å². The van der Waals surface area contributed by atoms with Crippen molar-refractivity contribution in [1.82, 2.24) is 0 Å². The lowest BCUT2D eigenvalue weighted by Crippen LogP contribution is -2.39. The van der Waals surface area contributed by atoms with Crippen LogP contribution in [0.25, 0.3) is 0 Å². The topological polar surface area (TPSA) is 52.7 Å². The first kappa shape index (κ1) is 21.2. The molecule has 0 aromatic heterocycles. The van der Waals surface area contributed by atoms with Gasteiger partial charge in [-0.2, -0.15) is 0 Å². The molecule has 1 N–H and O–H groups in total. The summed E-state index contributed by atoms with van der Waals surface area (Å²) in [6.07, 6.45) is 1.61. The van der Waals surface area contributed by atoms with Gasteiger partial charge in [-0.05, 0) is 41.7 Å². The molecule has 1 aliphatic carbocycles.